The highest BCUT2D eigenvalue weighted by atomic mass is 14.3. The summed E-state index contributed by atoms with van der Waals surface area (Å²) < 4.78 is 0. The molecule has 0 aliphatic heterocycles. The van der Waals surface area contributed by atoms with Crippen molar-refractivity contribution < 1.29 is 0 Å². The van der Waals surface area contributed by atoms with Gasteiger partial charge in [-0.25, -0.2) is 0 Å². The highest BCUT2D eigenvalue weighted by Gasteiger charge is 2.23. The van der Waals surface area contributed by atoms with Gasteiger partial charge in [0.2, 0.25) is 0 Å². The van der Waals surface area contributed by atoms with Crippen molar-refractivity contribution in [1.29, 1.82) is 0 Å². The number of allylic oxidation sites excluding steroid dienone is 4. The van der Waals surface area contributed by atoms with Crippen LogP contribution in [0, 0.1) is 11.3 Å². The van der Waals surface area contributed by atoms with Crippen molar-refractivity contribution in [3.63, 3.8) is 0 Å². The molecule has 0 heterocycles. The van der Waals surface area contributed by atoms with Gasteiger partial charge in [0.25, 0.3) is 0 Å². The molecule has 0 radical (unpaired) electrons. The largest absolute Gasteiger partial charge is 0.0813 e. The lowest BCUT2D eigenvalue weighted by atomic mass is 9.76. The molecule has 1 saturated carbocycles. The zero-order chi connectivity index (χ0) is 25.0. The van der Waals surface area contributed by atoms with Gasteiger partial charge in [-0.3, -0.25) is 0 Å². The fourth-order valence-electron chi connectivity index (χ4n) is 5.91. The minimum atomic E-state index is 0.295. The number of hydrogen-bond donors (Lipinski definition) is 0. The first-order valence-electron chi connectivity index (χ1n) is 14.8. The SMILES string of the molecule is CC/C=C(CCCC)/C(CC(C)(C)C)=C(/CCCC)c1ccc(C2CCC(CCC)CC2)cc1. The normalized spacial score (nSPS) is 20.4. The van der Waals surface area contributed by atoms with Crippen LogP contribution in [0.2, 0.25) is 0 Å². The standard InChI is InChI=1S/C34H56/c1-8-12-16-30(15-11-4)33(26-34(5,6)7)32(17-13-9-2)31-24-22-29(23-25-31)28-20-18-27(14-10-3)19-21-28/h15,22-25,27-28H,8-14,16-21,26H2,1-7H3/b30-15+,33-32-. The molecule has 34 heavy (non-hydrogen) atoms. The molecule has 0 aromatic heterocycles. The second-order valence-electron chi connectivity index (χ2n) is 12.2. The predicted octanol–water partition coefficient (Wildman–Crippen LogP) is 11.7. The first-order chi connectivity index (χ1) is 16.3. The quantitative estimate of drug-likeness (QED) is 0.255. The van der Waals surface area contributed by atoms with Crippen LogP contribution < -0.4 is 0 Å². The van der Waals surface area contributed by atoms with Gasteiger partial charge in [-0.1, -0.05) is 104 Å². The smallest absolute Gasteiger partial charge is 0.0162 e. The van der Waals surface area contributed by atoms with Gasteiger partial charge < -0.3 is 0 Å². The molecule has 0 unspecified atom stereocenters. The summed E-state index contributed by atoms with van der Waals surface area (Å²) in [4.78, 5) is 0. The lowest BCUT2D eigenvalue weighted by molar-refractivity contribution is 0.308. The molecule has 0 atom stereocenters. The van der Waals surface area contributed by atoms with Crippen molar-refractivity contribution >= 4 is 5.57 Å². The van der Waals surface area contributed by atoms with Gasteiger partial charge >= 0.3 is 0 Å². The van der Waals surface area contributed by atoms with E-state index in [1.54, 1.807) is 22.3 Å². The van der Waals surface area contributed by atoms with E-state index in [0.29, 0.717) is 5.41 Å². The van der Waals surface area contributed by atoms with E-state index < -0.39 is 0 Å². The van der Waals surface area contributed by atoms with E-state index in [-0.39, 0.29) is 0 Å². The molecule has 0 bridgehead atoms. The molecular weight excluding hydrogens is 408 g/mol. The van der Waals surface area contributed by atoms with Crippen LogP contribution in [0.25, 0.3) is 5.57 Å². The average Bonchev–Trinajstić information content (AvgIpc) is 2.82. The van der Waals surface area contributed by atoms with Crippen molar-refractivity contribution in [3.05, 3.63) is 52.6 Å². The number of unbranched alkanes of at least 4 members (excludes halogenated alkanes) is 2. The number of hydrogen-bond acceptors (Lipinski definition) is 0. The van der Waals surface area contributed by atoms with Gasteiger partial charge in [0.05, 0.1) is 0 Å². The Hall–Kier alpha value is -1.30. The maximum atomic E-state index is 2.53. The topological polar surface area (TPSA) is 0 Å². The summed E-state index contributed by atoms with van der Waals surface area (Å²) in [7, 11) is 0. The Morgan fingerprint density at radius 3 is 1.97 bits per heavy atom. The molecular formula is C34H56. The molecule has 2 rings (SSSR count). The molecule has 0 nitrogen and oxygen atoms in total. The van der Waals surface area contributed by atoms with Crippen LogP contribution in [-0.2, 0) is 0 Å². The van der Waals surface area contributed by atoms with Crippen molar-refractivity contribution in [2.75, 3.05) is 0 Å². The second kappa shape index (κ2) is 15.0. The van der Waals surface area contributed by atoms with Gasteiger partial charge in [-0.05, 0) is 109 Å². The third-order valence-corrected chi connectivity index (χ3v) is 7.76. The van der Waals surface area contributed by atoms with Crippen molar-refractivity contribution in [2.24, 2.45) is 11.3 Å². The fourth-order valence-corrected chi connectivity index (χ4v) is 5.91. The summed E-state index contributed by atoms with van der Waals surface area (Å²) >= 11 is 0. The Balaban J connectivity index is 2.40. The third-order valence-electron chi connectivity index (χ3n) is 7.76. The lowest BCUT2D eigenvalue weighted by Gasteiger charge is -2.29. The predicted molar refractivity (Wildman–Crippen MR) is 154 cm³/mol. The number of benzene rings is 1. The summed E-state index contributed by atoms with van der Waals surface area (Å²) in [5, 5.41) is 0. The van der Waals surface area contributed by atoms with Crippen molar-refractivity contribution in [1.82, 2.24) is 0 Å². The minimum absolute atomic E-state index is 0.295. The fraction of sp³-hybridized carbons (Fsp3) is 0.706. The first kappa shape index (κ1) is 28.9. The summed E-state index contributed by atoms with van der Waals surface area (Å²) in [5.74, 6) is 1.76. The zero-order valence-corrected chi connectivity index (χ0v) is 23.9. The minimum Gasteiger partial charge on any atom is -0.0813 e. The number of rotatable bonds is 13. The summed E-state index contributed by atoms with van der Waals surface area (Å²) in [6.45, 7) is 16.5. The Labute approximate surface area is 213 Å². The maximum absolute atomic E-state index is 2.53. The van der Waals surface area contributed by atoms with Crippen LogP contribution in [0.15, 0.2) is 41.5 Å². The molecule has 192 valence electrons. The van der Waals surface area contributed by atoms with Crippen LogP contribution in [0.5, 0.6) is 0 Å². The lowest BCUT2D eigenvalue weighted by Crippen LogP contribution is -2.13. The molecule has 0 N–H and O–H groups in total. The van der Waals surface area contributed by atoms with E-state index in [4.69, 9.17) is 0 Å². The highest BCUT2D eigenvalue weighted by molar-refractivity contribution is 5.73. The second-order valence-corrected chi connectivity index (χ2v) is 12.2. The zero-order valence-electron chi connectivity index (χ0n) is 23.9. The van der Waals surface area contributed by atoms with Gasteiger partial charge in [-0.15, -0.1) is 0 Å². The van der Waals surface area contributed by atoms with Gasteiger partial charge in [0, 0.05) is 0 Å². The van der Waals surface area contributed by atoms with Crippen LogP contribution in [0.4, 0.5) is 0 Å². The Kier molecular flexibility index (Phi) is 12.7. The summed E-state index contributed by atoms with van der Waals surface area (Å²) in [6.07, 6.45) is 20.8. The molecule has 1 aliphatic carbocycles. The van der Waals surface area contributed by atoms with Crippen molar-refractivity contribution in [2.45, 2.75) is 144 Å². The summed E-state index contributed by atoms with van der Waals surface area (Å²) in [5.41, 5.74) is 8.28. The molecule has 1 aliphatic rings. The molecule has 1 aromatic carbocycles. The molecule has 1 fully saturated rings. The van der Waals surface area contributed by atoms with E-state index in [0.717, 1.165) is 18.3 Å². The first-order valence-corrected chi connectivity index (χ1v) is 14.8. The van der Waals surface area contributed by atoms with Crippen LogP contribution in [-0.4, -0.2) is 0 Å². The Morgan fingerprint density at radius 1 is 0.824 bits per heavy atom. The van der Waals surface area contributed by atoms with Crippen LogP contribution in [0.3, 0.4) is 0 Å². The Bertz CT molecular complexity index is 744. The maximum Gasteiger partial charge on any atom is -0.0162 e. The highest BCUT2D eigenvalue weighted by Crippen LogP contribution is 2.40. The molecule has 1 aromatic rings. The van der Waals surface area contributed by atoms with E-state index in [1.165, 1.54) is 89.0 Å². The van der Waals surface area contributed by atoms with Gasteiger partial charge in [0.15, 0.2) is 0 Å². The average molecular weight is 465 g/mol. The van der Waals surface area contributed by atoms with Crippen LogP contribution in [0.1, 0.15) is 155 Å². The molecule has 0 spiro atoms. The molecule has 0 amide bonds. The van der Waals surface area contributed by atoms with E-state index in [2.05, 4.69) is 78.8 Å². The molecule has 0 saturated heterocycles. The summed E-state index contributed by atoms with van der Waals surface area (Å²) in [6, 6.07) is 9.92. The van der Waals surface area contributed by atoms with E-state index in [9.17, 15) is 0 Å². The van der Waals surface area contributed by atoms with Gasteiger partial charge in [0.1, 0.15) is 0 Å². The van der Waals surface area contributed by atoms with Crippen LogP contribution >= 0.6 is 0 Å². The third kappa shape index (κ3) is 9.39. The van der Waals surface area contributed by atoms with E-state index >= 15 is 0 Å². The van der Waals surface area contributed by atoms with Gasteiger partial charge in [-0.2, -0.15) is 0 Å². The monoisotopic (exact) mass is 464 g/mol. The van der Waals surface area contributed by atoms with Crippen molar-refractivity contribution in [3.8, 4) is 0 Å². The van der Waals surface area contributed by atoms with E-state index in [1.807, 2.05) is 0 Å². The Morgan fingerprint density at radius 2 is 1.44 bits per heavy atom. The molecule has 0 heteroatoms.